The second kappa shape index (κ2) is 7.54. The predicted octanol–water partition coefficient (Wildman–Crippen LogP) is 3.21. The molecule has 0 aromatic heterocycles. The summed E-state index contributed by atoms with van der Waals surface area (Å²) in [5, 5.41) is 0. The van der Waals surface area contributed by atoms with Crippen LogP contribution >= 0.6 is 15.9 Å². The van der Waals surface area contributed by atoms with Gasteiger partial charge < -0.3 is 14.2 Å². The normalized spacial score (nSPS) is 15.7. The molecule has 0 aliphatic carbocycles. The van der Waals surface area contributed by atoms with Gasteiger partial charge in [-0.25, -0.2) is 0 Å². The van der Waals surface area contributed by atoms with Gasteiger partial charge in [-0.2, -0.15) is 0 Å². The van der Waals surface area contributed by atoms with Crippen LogP contribution in [0.5, 0.6) is 5.75 Å². The molecule has 1 aliphatic heterocycles. The van der Waals surface area contributed by atoms with Gasteiger partial charge in [0.1, 0.15) is 5.75 Å². The van der Waals surface area contributed by atoms with Gasteiger partial charge >= 0.3 is 0 Å². The average molecular weight is 325 g/mol. The number of halogens is 1. The third-order valence-corrected chi connectivity index (χ3v) is 3.61. The smallest absolute Gasteiger partial charge is 0.188 e. The minimum atomic E-state index is 0.245. The lowest BCUT2D eigenvalue weighted by Crippen LogP contribution is -2.13. The highest BCUT2D eigenvalue weighted by Crippen LogP contribution is 2.22. The number of benzene rings is 1. The molecule has 0 amide bonds. The quantitative estimate of drug-likeness (QED) is 0.631. The van der Waals surface area contributed by atoms with E-state index >= 15 is 0 Å². The number of ether oxygens (including phenoxy) is 3. The summed E-state index contributed by atoms with van der Waals surface area (Å²) < 4.78 is 16.6. The fourth-order valence-corrected chi connectivity index (χ4v) is 2.18. The summed E-state index contributed by atoms with van der Waals surface area (Å²) in [6.45, 7) is 1.88. The van der Waals surface area contributed by atoms with Crippen LogP contribution < -0.4 is 4.74 Å². The van der Waals surface area contributed by atoms with E-state index in [-0.39, 0.29) is 6.79 Å². The Hall–Kier alpha value is -1.02. The number of hydrogen-bond acceptors (Lipinski definition) is 3. The van der Waals surface area contributed by atoms with Crippen LogP contribution in [-0.4, -0.2) is 27.1 Å². The van der Waals surface area contributed by atoms with E-state index in [2.05, 4.69) is 27.8 Å². The fraction of sp³-hybridized carbons (Fsp3) is 0.467. The SMILES string of the molecule is COCOc1ccc(Br)c(C#CC2CCOCC2)c1. The summed E-state index contributed by atoms with van der Waals surface area (Å²) in [5.41, 5.74) is 0.945. The molecule has 102 valence electrons. The number of methoxy groups -OCH3 is 1. The van der Waals surface area contributed by atoms with Crippen molar-refractivity contribution in [2.75, 3.05) is 27.1 Å². The molecule has 3 nitrogen and oxygen atoms in total. The first kappa shape index (κ1) is 14.4. The largest absolute Gasteiger partial charge is 0.468 e. The Kier molecular flexibility index (Phi) is 5.71. The van der Waals surface area contributed by atoms with E-state index in [1.165, 1.54) is 0 Å². The molecule has 4 heteroatoms. The predicted molar refractivity (Wildman–Crippen MR) is 77.1 cm³/mol. The second-order valence-electron chi connectivity index (χ2n) is 4.35. The van der Waals surface area contributed by atoms with Crippen molar-refractivity contribution in [2.24, 2.45) is 5.92 Å². The van der Waals surface area contributed by atoms with E-state index in [0.717, 1.165) is 41.8 Å². The summed E-state index contributed by atoms with van der Waals surface area (Å²) in [4.78, 5) is 0. The standard InChI is InChI=1S/C15H17BrO3/c1-17-11-19-14-4-5-15(16)13(10-14)3-2-12-6-8-18-9-7-12/h4-5,10,12H,6-9,11H2,1H3. The lowest BCUT2D eigenvalue weighted by molar-refractivity contribution is 0.0511. The summed E-state index contributed by atoms with van der Waals surface area (Å²) in [6, 6.07) is 5.76. The zero-order chi connectivity index (χ0) is 13.5. The Balaban J connectivity index is 2.07. The molecule has 1 saturated heterocycles. The van der Waals surface area contributed by atoms with Crippen molar-refractivity contribution in [1.29, 1.82) is 0 Å². The maximum Gasteiger partial charge on any atom is 0.188 e. The molecule has 0 saturated carbocycles. The van der Waals surface area contributed by atoms with Crippen molar-refractivity contribution in [3.05, 3.63) is 28.2 Å². The molecule has 1 aromatic rings. The molecule has 19 heavy (non-hydrogen) atoms. The summed E-state index contributed by atoms with van der Waals surface area (Å²) in [7, 11) is 1.60. The van der Waals surface area contributed by atoms with Gasteiger partial charge in [0.05, 0.1) is 0 Å². The van der Waals surface area contributed by atoms with Crippen LogP contribution in [0, 0.1) is 17.8 Å². The molecule has 0 radical (unpaired) electrons. The molecule has 1 fully saturated rings. The van der Waals surface area contributed by atoms with E-state index in [1.54, 1.807) is 7.11 Å². The van der Waals surface area contributed by atoms with Crippen LogP contribution in [0.15, 0.2) is 22.7 Å². The van der Waals surface area contributed by atoms with Crippen LogP contribution in [0.1, 0.15) is 18.4 Å². The molecule has 2 rings (SSSR count). The van der Waals surface area contributed by atoms with E-state index in [0.29, 0.717) is 5.92 Å². The Morgan fingerprint density at radius 2 is 2.16 bits per heavy atom. The van der Waals surface area contributed by atoms with Crippen molar-refractivity contribution in [1.82, 2.24) is 0 Å². The molecular formula is C15H17BrO3. The van der Waals surface area contributed by atoms with Crippen molar-refractivity contribution in [3.63, 3.8) is 0 Å². The lowest BCUT2D eigenvalue weighted by atomic mass is 10.0. The van der Waals surface area contributed by atoms with Gasteiger partial charge in [-0.05, 0) is 47.0 Å². The highest BCUT2D eigenvalue weighted by atomic mass is 79.9. The van der Waals surface area contributed by atoms with Gasteiger partial charge in [-0.3, -0.25) is 0 Å². The minimum Gasteiger partial charge on any atom is -0.468 e. The van der Waals surface area contributed by atoms with Crippen LogP contribution in [0.4, 0.5) is 0 Å². The summed E-state index contributed by atoms with van der Waals surface area (Å²) in [6.07, 6.45) is 2.04. The van der Waals surface area contributed by atoms with Gasteiger partial charge in [0.2, 0.25) is 0 Å². The van der Waals surface area contributed by atoms with Crippen LogP contribution in [0.3, 0.4) is 0 Å². The van der Waals surface area contributed by atoms with Crippen molar-refractivity contribution in [2.45, 2.75) is 12.8 Å². The topological polar surface area (TPSA) is 27.7 Å². The monoisotopic (exact) mass is 324 g/mol. The third-order valence-electron chi connectivity index (χ3n) is 2.91. The minimum absolute atomic E-state index is 0.245. The van der Waals surface area contributed by atoms with Crippen LogP contribution in [-0.2, 0) is 9.47 Å². The van der Waals surface area contributed by atoms with Crippen LogP contribution in [0.25, 0.3) is 0 Å². The highest BCUT2D eigenvalue weighted by molar-refractivity contribution is 9.10. The molecule has 1 heterocycles. The molecule has 0 atom stereocenters. The maximum atomic E-state index is 5.41. The van der Waals surface area contributed by atoms with Gasteiger partial charge in [0.25, 0.3) is 0 Å². The van der Waals surface area contributed by atoms with Crippen molar-refractivity contribution in [3.8, 4) is 17.6 Å². The molecule has 0 spiro atoms. The number of rotatable bonds is 3. The maximum absolute atomic E-state index is 5.41. The first-order valence-electron chi connectivity index (χ1n) is 6.30. The molecule has 0 N–H and O–H groups in total. The van der Waals surface area contributed by atoms with Crippen molar-refractivity contribution >= 4 is 15.9 Å². The Labute approximate surface area is 122 Å². The van der Waals surface area contributed by atoms with E-state index in [4.69, 9.17) is 14.2 Å². The Bertz CT molecular complexity index is 470. The van der Waals surface area contributed by atoms with Crippen molar-refractivity contribution < 1.29 is 14.2 Å². The van der Waals surface area contributed by atoms with Gasteiger partial charge in [0.15, 0.2) is 6.79 Å². The van der Waals surface area contributed by atoms with E-state index in [1.807, 2.05) is 18.2 Å². The number of hydrogen-bond donors (Lipinski definition) is 0. The molecule has 1 aromatic carbocycles. The lowest BCUT2D eigenvalue weighted by Gasteiger charge is -2.16. The van der Waals surface area contributed by atoms with Crippen LogP contribution in [0.2, 0.25) is 0 Å². The zero-order valence-electron chi connectivity index (χ0n) is 10.9. The highest BCUT2D eigenvalue weighted by Gasteiger charge is 2.10. The fourth-order valence-electron chi connectivity index (χ4n) is 1.84. The molecular weight excluding hydrogens is 308 g/mol. The summed E-state index contributed by atoms with van der Waals surface area (Å²) in [5.74, 6) is 7.74. The Morgan fingerprint density at radius 1 is 1.37 bits per heavy atom. The van der Waals surface area contributed by atoms with Gasteiger partial charge in [-0.1, -0.05) is 11.8 Å². The zero-order valence-corrected chi connectivity index (χ0v) is 12.5. The van der Waals surface area contributed by atoms with Gasteiger partial charge in [-0.15, -0.1) is 0 Å². The molecule has 1 aliphatic rings. The molecule has 0 unspecified atom stereocenters. The first-order valence-corrected chi connectivity index (χ1v) is 7.09. The van der Waals surface area contributed by atoms with Gasteiger partial charge in [0, 0.05) is 36.3 Å². The Morgan fingerprint density at radius 3 is 2.89 bits per heavy atom. The third kappa shape index (κ3) is 4.54. The average Bonchev–Trinajstić information content (AvgIpc) is 2.46. The summed E-state index contributed by atoms with van der Waals surface area (Å²) >= 11 is 3.51. The first-order chi connectivity index (χ1) is 9.29. The molecule has 0 bridgehead atoms. The van der Waals surface area contributed by atoms with E-state index < -0.39 is 0 Å². The van der Waals surface area contributed by atoms with E-state index in [9.17, 15) is 0 Å². The second-order valence-corrected chi connectivity index (χ2v) is 5.20.